The fraction of sp³-hybridized carbons (Fsp3) is 0.667. The molecule has 0 aromatic carbocycles. The predicted octanol–water partition coefficient (Wildman–Crippen LogP) is 2.20. The quantitative estimate of drug-likeness (QED) is 0.854. The molecule has 1 aromatic rings. The number of rotatable bonds is 6. The Hall–Kier alpha value is -1.13. The third-order valence-corrected chi connectivity index (χ3v) is 3.47. The highest BCUT2D eigenvalue weighted by Gasteiger charge is 2.22. The lowest BCUT2D eigenvalue weighted by molar-refractivity contribution is 0.0439. The van der Waals surface area contributed by atoms with Crippen LogP contribution in [0.5, 0.6) is 0 Å². The minimum Gasteiger partial charge on any atom is -0.376 e. The summed E-state index contributed by atoms with van der Waals surface area (Å²) in [5.41, 5.74) is 1.26. The molecular weight excluding hydrogens is 238 g/mol. The highest BCUT2D eigenvalue weighted by molar-refractivity contribution is 5.47. The number of aromatic nitrogens is 1. The van der Waals surface area contributed by atoms with Crippen molar-refractivity contribution in [2.24, 2.45) is 0 Å². The van der Waals surface area contributed by atoms with Crippen LogP contribution in [0.1, 0.15) is 31.7 Å². The molecule has 0 radical (unpaired) electrons. The molecule has 0 aliphatic carbocycles. The Bertz CT molecular complexity index is 383. The third-order valence-electron chi connectivity index (χ3n) is 3.47. The van der Waals surface area contributed by atoms with Crippen LogP contribution in [0, 0.1) is 0 Å². The van der Waals surface area contributed by atoms with Crippen molar-refractivity contribution < 1.29 is 4.74 Å². The average molecular weight is 263 g/mol. The van der Waals surface area contributed by atoms with Crippen molar-refractivity contribution in [2.75, 3.05) is 31.6 Å². The van der Waals surface area contributed by atoms with Gasteiger partial charge in [0.25, 0.3) is 0 Å². The van der Waals surface area contributed by atoms with Gasteiger partial charge < -0.3 is 15.0 Å². The van der Waals surface area contributed by atoms with Crippen molar-refractivity contribution in [3.05, 3.63) is 23.9 Å². The molecule has 2 heterocycles. The van der Waals surface area contributed by atoms with Crippen LogP contribution in [0.3, 0.4) is 0 Å². The van der Waals surface area contributed by atoms with E-state index in [1.54, 1.807) is 0 Å². The topological polar surface area (TPSA) is 37.4 Å². The molecule has 1 aliphatic heterocycles. The highest BCUT2D eigenvalue weighted by atomic mass is 16.5. The zero-order chi connectivity index (χ0) is 13.5. The van der Waals surface area contributed by atoms with E-state index in [-0.39, 0.29) is 0 Å². The maximum atomic E-state index is 5.90. The number of ether oxygens (including phenoxy) is 1. The summed E-state index contributed by atoms with van der Waals surface area (Å²) in [5, 5.41) is 3.21. The molecular formula is C15H25N3O. The number of hydrogen-bond acceptors (Lipinski definition) is 4. The summed E-state index contributed by atoms with van der Waals surface area (Å²) in [5.74, 6) is 1.11. The summed E-state index contributed by atoms with van der Waals surface area (Å²) in [6.45, 7) is 5.93. The minimum absolute atomic E-state index is 0.359. The van der Waals surface area contributed by atoms with Crippen LogP contribution < -0.4 is 10.2 Å². The number of hydrogen-bond donors (Lipinski definition) is 1. The van der Waals surface area contributed by atoms with E-state index in [1.807, 2.05) is 19.3 Å². The number of nitrogens with one attached hydrogen (secondary N) is 1. The van der Waals surface area contributed by atoms with Gasteiger partial charge in [0.1, 0.15) is 5.82 Å². The average Bonchev–Trinajstić information content (AvgIpc) is 2.46. The van der Waals surface area contributed by atoms with E-state index < -0.39 is 0 Å². The van der Waals surface area contributed by atoms with Crippen molar-refractivity contribution in [3.63, 3.8) is 0 Å². The maximum absolute atomic E-state index is 5.90. The Labute approximate surface area is 116 Å². The van der Waals surface area contributed by atoms with Crippen LogP contribution >= 0.6 is 0 Å². The molecule has 2 rings (SSSR count). The molecule has 19 heavy (non-hydrogen) atoms. The van der Waals surface area contributed by atoms with Gasteiger partial charge in [-0.05, 0) is 32.4 Å². The molecule has 1 aliphatic rings. The van der Waals surface area contributed by atoms with Crippen LogP contribution in [-0.4, -0.2) is 37.8 Å². The van der Waals surface area contributed by atoms with E-state index >= 15 is 0 Å². The number of anilines is 1. The van der Waals surface area contributed by atoms with Crippen LogP contribution in [0.2, 0.25) is 0 Å². The summed E-state index contributed by atoms with van der Waals surface area (Å²) in [6.07, 6.45) is 5.68. The lowest BCUT2D eigenvalue weighted by atomic mass is 10.1. The van der Waals surface area contributed by atoms with Gasteiger partial charge in [-0.2, -0.15) is 0 Å². The monoisotopic (exact) mass is 263 g/mol. The minimum atomic E-state index is 0.359. The van der Waals surface area contributed by atoms with Crippen molar-refractivity contribution in [1.29, 1.82) is 0 Å². The first-order valence-corrected chi connectivity index (χ1v) is 7.30. The zero-order valence-corrected chi connectivity index (χ0v) is 12.1. The van der Waals surface area contributed by atoms with Gasteiger partial charge in [0, 0.05) is 38.0 Å². The molecule has 4 nitrogen and oxygen atoms in total. The summed E-state index contributed by atoms with van der Waals surface area (Å²) in [6, 6.07) is 4.15. The van der Waals surface area contributed by atoms with Gasteiger partial charge in [0.05, 0.1) is 6.10 Å². The Kier molecular flexibility index (Phi) is 5.61. The second-order valence-electron chi connectivity index (χ2n) is 5.10. The van der Waals surface area contributed by atoms with Crippen molar-refractivity contribution in [2.45, 2.75) is 38.8 Å². The Morgan fingerprint density at radius 2 is 2.42 bits per heavy atom. The van der Waals surface area contributed by atoms with Gasteiger partial charge in [0.15, 0.2) is 0 Å². The molecule has 1 aromatic heterocycles. The molecule has 1 N–H and O–H groups in total. The molecule has 0 amide bonds. The van der Waals surface area contributed by atoms with Crippen molar-refractivity contribution >= 4 is 5.82 Å². The summed E-state index contributed by atoms with van der Waals surface area (Å²) in [7, 11) is 1.97. The largest absolute Gasteiger partial charge is 0.376 e. The molecule has 1 saturated heterocycles. The number of pyridine rings is 1. The van der Waals surface area contributed by atoms with E-state index in [4.69, 9.17) is 4.74 Å². The highest BCUT2D eigenvalue weighted by Crippen LogP contribution is 2.22. The van der Waals surface area contributed by atoms with Crippen LogP contribution in [0.4, 0.5) is 5.82 Å². The maximum Gasteiger partial charge on any atom is 0.133 e. The lowest BCUT2D eigenvalue weighted by Crippen LogP contribution is -2.40. The molecule has 0 spiro atoms. The molecule has 1 unspecified atom stereocenters. The first-order valence-electron chi connectivity index (χ1n) is 7.30. The zero-order valence-electron chi connectivity index (χ0n) is 12.1. The molecule has 4 heteroatoms. The fourth-order valence-electron chi connectivity index (χ4n) is 2.59. The van der Waals surface area contributed by atoms with Crippen LogP contribution in [0.25, 0.3) is 0 Å². The van der Waals surface area contributed by atoms with E-state index in [0.717, 1.165) is 38.5 Å². The molecule has 1 fully saturated rings. The third kappa shape index (κ3) is 3.91. The lowest BCUT2D eigenvalue weighted by Gasteiger charge is -2.34. The smallest absolute Gasteiger partial charge is 0.133 e. The predicted molar refractivity (Wildman–Crippen MR) is 78.5 cm³/mol. The van der Waals surface area contributed by atoms with Gasteiger partial charge in [-0.15, -0.1) is 0 Å². The molecule has 0 saturated carbocycles. The van der Waals surface area contributed by atoms with Crippen LogP contribution in [-0.2, 0) is 11.3 Å². The van der Waals surface area contributed by atoms with E-state index in [1.165, 1.54) is 18.4 Å². The second-order valence-corrected chi connectivity index (χ2v) is 5.10. The summed E-state index contributed by atoms with van der Waals surface area (Å²) in [4.78, 5) is 6.94. The summed E-state index contributed by atoms with van der Waals surface area (Å²) >= 11 is 0. The van der Waals surface area contributed by atoms with Gasteiger partial charge in [-0.3, -0.25) is 0 Å². The molecule has 106 valence electrons. The Morgan fingerprint density at radius 3 is 3.21 bits per heavy atom. The van der Waals surface area contributed by atoms with Crippen LogP contribution in [0.15, 0.2) is 18.3 Å². The first kappa shape index (κ1) is 14.3. The Balaban J connectivity index is 2.04. The summed E-state index contributed by atoms with van der Waals surface area (Å²) < 4.78 is 5.90. The van der Waals surface area contributed by atoms with Gasteiger partial charge in [-0.1, -0.05) is 13.0 Å². The Morgan fingerprint density at radius 1 is 1.53 bits per heavy atom. The second kappa shape index (κ2) is 7.46. The normalized spacial score (nSPS) is 19.7. The van der Waals surface area contributed by atoms with Gasteiger partial charge in [-0.25, -0.2) is 4.98 Å². The fourth-order valence-corrected chi connectivity index (χ4v) is 2.59. The van der Waals surface area contributed by atoms with E-state index in [2.05, 4.69) is 28.2 Å². The molecule has 1 atom stereocenters. The van der Waals surface area contributed by atoms with Crippen molar-refractivity contribution in [1.82, 2.24) is 10.3 Å². The first-order chi connectivity index (χ1) is 9.35. The number of piperidine rings is 1. The van der Waals surface area contributed by atoms with Crippen molar-refractivity contribution in [3.8, 4) is 0 Å². The standard InChI is InChI=1S/C15H25N3O/c1-3-10-19-14-7-5-9-18(12-14)15-13(11-16-2)6-4-8-17-15/h4,6,8,14,16H,3,5,7,9-12H2,1-2H3. The van der Waals surface area contributed by atoms with E-state index in [9.17, 15) is 0 Å². The SMILES string of the molecule is CCCOC1CCCN(c2ncccc2CNC)C1. The van der Waals surface area contributed by atoms with E-state index in [0.29, 0.717) is 6.10 Å². The number of nitrogens with zero attached hydrogens (tertiary/aromatic N) is 2. The van der Waals surface area contributed by atoms with Gasteiger partial charge >= 0.3 is 0 Å². The van der Waals surface area contributed by atoms with Gasteiger partial charge in [0.2, 0.25) is 0 Å². The molecule has 0 bridgehead atoms.